The third kappa shape index (κ3) is 1.54. The Balaban J connectivity index is 2.39. The average Bonchev–Trinajstić information content (AvgIpc) is 2.72. The summed E-state index contributed by atoms with van der Waals surface area (Å²) < 4.78 is 1.71. The molecule has 0 spiro atoms. The molecule has 2 heterocycles. The van der Waals surface area contributed by atoms with Gasteiger partial charge < -0.3 is 0 Å². The van der Waals surface area contributed by atoms with Crippen LogP contribution in [-0.2, 0) is 26.3 Å². The summed E-state index contributed by atoms with van der Waals surface area (Å²) in [5, 5.41) is 0.893. The van der Waals surface area contributed by atoms with Crippen LogP contribution < -0.4 is 5.56 Å². The zero-order valence-electron chi connectivity index (χ0n) is 10.2. The lowest BCUT2D eigenvalue weighted by Crippen LogP contribution is -2.22. The minimum atomic E-state index is 0.145. The molecule has 3 nitrogen and oxygen atoms in total. The molecular formula is C13H16N2OS. The van der Waals surface area contributed by atoms with Gasteiger partial charge in [-0.3, -0.25) is 9.36 Å². The standard InChI is InChI=1S/C13H16N2OS/c1-3-10-14-12-11(13(16)15(10)2)8-6-4-5-7-9(8)17-12/h3-7H2,1-2H3. The monoisotopic (exact) mass is 248 g/mol. The predicted molar refractivity (Wildman–Crippen MR) is 70.9 cm³/mol. The van der Waals surface area contributed by atoms with Crippen molar-refractivity contribution >= 4 is 21.6 Å². The molecule has 4 heteroatoms. The van der Waals surface area contributed by atoms with E-state index in [1.165, 1.54) is 23.3 Å². The van der Waals surface area contributed by atoms with E-state index in [1.807, 2.05) is 14.0 Å². The van der Waals surface area contributed by atoms with Crippen molar-refractivity contribution in [3.63, 3.8) is 0 Å². The second-order valence-electron chi connectivity index (χ2n) is 4.64. The van der Waals surface area contributed by atoms with Crippen molar-refractivity contribution in [2.24, 2.45) is 7.05 Å². The molecule has 17 heavy (non-hydrogen) atoms. The number of aromatic nitrogens is 2. The van der Waals surface area contributed by atoms with Gasteiger partial charge in [-0.05, 0) is 31.2 Å². The third-order valence-electron chi connectivity index (χ3n) is 3.61. The Morgan fingerprint density at radius 2 is 2.12 bits per heavy atom. The Labute approximate surface area is 104 Å². The highest BCUT2D eigenvalue weighted by Gasteiger charge is 2.20. The second-order valence-corrected chi connectivity index (χ2v) is 5.72. The molecule has 0 atom stereocenters. The summed E-state index contributed by atoms with van der Waals surface area (Å²) in [5.74, 6) is 0.890. The largest absolute Gasteiger partial charge is 0.299 e. The van der Waals surface area contributed by atoms with Crippen molar-refractivity contribution in [1.29, 1.82) is 0 Å². The summed E-state index contributed by atoms with van der Waals surface area (Å²) in [6.45, 7) is 2.04. The van der Waals surface area contributed by atoms with Gasteiger partial charge in [0.05, 0.1) is 5.39 Å². The van der Waals surface area contributed by atoms with E-state index >= 15 is 0 Å². The summed E-state index contributed by atoms with van der Waals surface area (Å²) in [4.78, 5) is 19.4. The van der Waals surface area contributed by atoms with Gasteiger partial charge in [0.25, 0.3) is 5.56 Å². The predicted octanol–water partition coefficient (Wildman–Crippen LogP) is 2.44. The van der Waals surface area contributed by atoms with Crippen molar-refractivity contribution < 1.29 is 0 Å². The van der Waals surface area contributed by atoms with Gasteiger partial charge in [-0.25, -0.2) is 4.98 Å². The maximum Gasteiger partial charge on any atom is 0.262 e. The fourth-order valence-corrected chi connectivity index (χ4v) is 3.91. The number of rotatable bonds is 1. The molecule has 0 bridgehead atoms. The first-order chi connectivity index (χ1) is 8.22. The van der Waals surface area contributed by atoms with Crippen molar-refractivity contribution in [2.45, 2.75) is 39.0 Å². The van der Waals surface area contributed by atoms with Gasteiger partial charge in [0.2, 0.25) is 0 Å². The van der Waals surface area contributed by atoms with Crippen molar-refractivity contribution in [3.05, 3.63) is 26.6 Å². The molecular weight excluding hydrogens is 232 g/mol. The molecule has 0 saturated carbocycles. The van der Waals surface area contributed by atoms with Gasteiger partial charge in [0.1, 0.15) is 10.7 Å². The molecule has 2 aromatic rings. The van der Waals surface area contributed by atoms with Crippen LogP contribution in [0.2, 0.25) is 0 Å². The highest BCUT2D eigenvalue weighted by atomic mass is 32.1. The van der Waals surface area contributed by atoms with Gasteiger partial charge in [-0.1, -0.05) is 6.92 Å². The number of aryl methyl sites for hydroxylation is 3. The molecule has 0 saturated heterocycles. The lowest BCUT2D eigenvalue weighted by atomic mass is 9.97. The Morgan fingerprint density at radius 1 is 1.35 bits per heavy atom. The molecule has 1 aliphatic rings. The van der Waals surface area contributed by atoms with E-state index in [9.17, 15) is 4.79 Å². The van der Waals surface area contributed by atoms with Crippen molar-refractivity contribution in [3.8, 4) is 0 Å². The SMILES string of the molecule is CCc1nc2sc3c(c2c(=O)n1C)CCCC3. The summed E-state index contributed by atoms with van der Waals surface area (Å²) in [5.41, 5.74) is 1.43. The van der Waals surface area contributed by atoms with Crippen LogP contribution in [0.15, 0.2) is 4.79 Å². The molecule has 0 fully saturated rings. The van der Waals surface area contributed by atoms with Gasteiger partial charge in [0, 0.05) is 18.3 Å². The summed E-state index contributed by atoms with van der Waals surface area (Å²) in [7, 11) is 1.83. The molecule has 90 valence electrons. The highest BCUT2D eigenvalue weighted by Crippen LogP contribution is 2.33. The molecule has 0 unspecified atom stereocenters. The van der Waals surface area contributed by atoms with E-state index in [4.69, 9.17) is 0 Å². The van der Waals surface area contributed by atoms with Crippen LogP contribution in [-0.4, -0.2) is 9.55 Å². The average molecular weight is 248 g/mol. The van der Waals surface area contributed by atoms with E-state index in [0.29, 0.717) is 0 Å². The topological polar surface area (TPSA) is 34.9 Å². The fraction of sp³-hybridized carbons (Fsp3) is 0.538. The highest BCUT2D eigenvalue weighted by molar-refractivity contribution is 7.18. The van der Waals surface area contributed by atoms with Crippen LogP contribution in [0.25, 0.3) is 10.2 Å². The maximum atomic E-state index is 12.4. The van der Waals surface area contributed by atoms with Crippen LogP contribution in [0, 0.1) is 0 Å². The number of fused-ring (bicyclic) bond motifs is 3. The Hall–Kier alpha value is -1.16. The van der Waals surface area contributed by atoms with E-state index in [-0.39, 0.29) is 5.56 Å². The fourth-order valence-electron chi connectivity index (χ4n) is 2.64. The molecule has 0 aliphatic heterocycles. The summed E-state index contributed by atoms with van der Waals surface area (Å²) in [6, 6.07) is 0. The molecule has 3 rings (SSSR count). The van der Waals surface area contributed by atoms with Crippen LogP contribution in [0.1, 0.15) is 36.0 Å². The Bertz CT molecular complexity index is 639. The minimum absolute atomic E-state index is 0.145. The zero-order chi connectivity index (χ0) is 12.0. The third-order valence-corrected chi connectivity index (χ3v) is 4.79. The maximum absolute atomic E-state index is 12.4. The quantitative estimate of drug-likeness (QED) is 0.777. The van der Waals surface area contributed by atoms with Crippen LogP contribution >= 0.6 is 11.3 Å². The van der Waals surface area contributed by atoms with Gasteiger partial charge in [-0.2, -0.15) is 0 Å². The van der Waals surface area contributed by atoms with E-state index in [0.717, 1.165) is 35.3 Å². The van der Waals surface area contributed by atoms with E-state index in [1.54, 1.807) is 15.9 Å². The minimum Gasteiger partial charge on any atom is -0.299 e. The molecule has 0 radical (unpaired) electrons. The second kappa shape index (κ2) is 3.95. The Kier molecular flexibility index (Phi) is 2.54. The van der Waals surface area contributed by atoms with E-state index in [2.05, 4.69) is 4.98 Å². The number of nitrogens with zero attached hydrogens (tertiary/aromatic N) is 2. The van der Waals surface area contributed by atoms with Gasteiger partial charge >= 0.3 is 0 Å². The first kappa shape index (κ1) is 11.0. The normalized spacial score (nSPS) is 15.2. The van der Waals surface area contributed by atoms with Crippen molar-refractivity contribution in [1.82, 2.24) is 9.55 Å². The van der Waals surface area contributed by atoms with Crippen LogP contribution in [0.5, 0.6) is 0 Å². The summed E-state index contributed by atoms with van der Waals surface area (Å²) in [6.07, 6.45) is 5.45. The molecule has 1 aliphatic carbocycles. The number of thiophene rings is 1. The number of hydrogen-bond donors (Lipinski definition) is 0. The molecule has 0 aromatic carbocycles. The van der Waals surface area contributed by atoms with Gasteiger partial charge in [-0.15, -0.1) is 11.3 Å². The van der Waals surface area contributed by atoms with E-state index < -0.39 is 0 Å². The summed E-state index contributed by atoms with van der Waals surface area (Å²) >= 11 is 1.73. The number of hydrogen-bond acceptors (Lipinski definition) is 3. The lowest BCUT2D eigenvalue weighted by molar-refractivity contribution is 0.697. The van der Waals surface area contributed by atoms with Crippen LogP contribution in [0.4, 0.5) is 0 Å². The van der Waals surface area contributed by atoms with Gasteiger partial charge in [0.15, 0.2) is 0 Å². The molecule has 0 amide bonds. The zero-order valence-corrected chi connectivity index (χ0v) is 11.1. The first-order valence-electron chi connectivity index (χ1n) is 6.22. The molecule has 0 N–H and O–H groups in total. The van der Waals surface area contributed by atoms with Crippen LogP contribution in [0.3, 0.4) is 0 Å². The lowest BCUT2D eigenvalue weighted by Gasteiger charge is -2.10. The molecule has 2 aromatic heterocycles. The smallest absolute Gasteiger partial charge is 0.262 e. The van der Waals surface area contributed by atoms with Crippen molar-refractivity contribution in [2.75, 3.05) is 0 Å². The first-order valence-corrected chi connectivity index (χ1v) is 7.04. The Morgan fingerprint density at radius 3 is 2.88 bits per heavy atom.